The van der Waals surface area contributed by atoms with Crippen LogP contribution < -0.4 is 5.69 Å². The number of aromatic nitrogens is 5. The number of carboxylic acid groups (broad SMARTS) is 1. The molecule has 2 aromatic rings. The summed E-state index contributed by atoms with van der Waals surface area (Å²) in [5.41, 5.74) is -0.645. The fourth-order valence-electron chi connectivity index (χ4n) is 2.48. The molecular formula is C14H21N5O3. The minimum Gasteiger partial charge on any atom is -0.476 e. The molecule has 0 amide bonds. The van der Waals surface area contributed by atoms with E-state index in [-0.39, 0.29) is 11.3 Å². The molecule has 0 saturated heterocycles. The molecule has 2 rings (SSSR count). The second-order valence-corrected chi connectivity index (χ2v) is 5.64. The maximum Gasteiger partial charge on any atom is 0.358 e. The van der Waals surface area contributed by atoms with Crippen molar-refractivity contribution in [2.45, 2.75) is 46.0 Å². The molecule has 0 bridgehead atoms. The van der Waals surface area contributed by atoms with Crippen LogP contribution in [0.2, 0.25) is 0 Å². The van der Waals surface area contributed by atoms with E-state index in [0.717, 1.165) is 23.9 Å². The first-order valence-electron chi connectivity index (χ1n) is 7.50. The Balaban J connectivity index is 2.38. The van der Waals surface area contributed by atoms with E-state index in [2.05, 4.69) is 29.1 Å². The number of rotatable bonds is 7. The Hall–Kier alpha value is -2.25. The van der Waals surface area contributed by atoms with E-state index in [0.29, 0.717) is 18.2 Å². The number of fused-ring (bicyclic) bond motifs is 1. The van der Waals surface area contributed by atoms with Crippen LogP contribution in [0.3, 0.4) is 0 Å². The van der Waals surface area contributed by atoms with Gasteiger partial charge >= 0.3 is 11.7 Å². The lowest BCUT2D eigenvalue weighted by Gasteiger charge is -2.09. The molecule has 0 fully saturated rings. The van der Waals surface area contributed by atoms with Gasteiger partial charge in [-0.05, 0) is 5.92 Å². The van der Waals surface area contributed by atoms with Crippen LogP contribution in [-0.4, -0.2) is 35.5 Å². The van der Waals surface area contributed by atoms with E-state index in [4.69, 9.17) is 0 Å². The van der Waals surface area contributed by atoms with Crippen molar-refractivity contribution in [1.82, 2.24) is 24.4 Å². The first-order chi connectivity index (χ1) is 10.5. The van der Waals surface area contributed by atoms with Crippen LogP contribution in [0.1, 0.15) is 55.8 Å². The van der Waals surface area contributed by atoms with Gasteiger partial charge in [-0.1, -0.05) is 44.7 Å². The molecule has 0 saturated carbocycles. The second-order valence-electron chi connectivity index (χ2n) is 5.64. The summed E-state index contributed by atoms with van der Waals surface area (Å²) < 4.78 is 2.33. The average molecular weight is 307 g/mol. The summed E-state index contributed by atoms with van der Waals surface area (Å²) in [5, 5.41) is 16.6. The maximum atomic E-state index is 12.2. The number of aromatic carboxylic acids is 1. The van der Waals surface area contributed by atoms with Gasteiger partial charge in [0.05, 0.1) is 0 Å². The lowest BCUT2D eigenvalue weighted by atomic mass is 10.00. The van der Waals surface area contributed by atoms with Gasteiger partial charge in [-0.25, -0.2) is 19.0 Å². The monoisotopic (exact) mass is 307 g/mol. The number of hydrogen-bond donors (Lipinski definition) is 1. The highest BCUT2D eigenvalue weighted by Crippen LogP contribution is 2.16. The quantitative estimate of drug-likeness (QED) is 0.773. The van der Waals surface area contributed by atoms with E-state index in [1.807, 2.05) is 0 Å². The normalized spacial score (nSPS) is 12.7. The number of imidazole rings is 1. The van der Waals surface area contributed by atoms with Gasteiger partial charge in [-0.2, -0.15) is 4.68 Å². The molecular weight excluding hydrogens is 286 g/mol. The highest BCUT2D eigenvalue weighted by molar-refractivity contribution is 5.92. The van der Waals surface area contributed by atoms with Gasteiger partial charge in [0.1, 0.15) is 5.82 Å². The Kier molecular flexibility index (Phi) is 4.89. The standard InChI is InChI=1S/C14H21N5O3/c1-4-5-6-7-9(2)8-10-15-11(13(20)21)12-16-17-18(3)14(22)19(10)12/h9H,4-8H2,1-3H3,(H,20,21). The molecule has 0 aliphatic rings. The zero-order chi connectivity index (χ0) is 16.3. The highest BCUT2D eigenvalue weighted by atomic mass is 16.4. The minimum absolute atomic E-state index is 0.00589. The zero-order valence-corrected chi connectivity index (χ0v) is 13.1. The third-order valence-corrected chi connectivity index (χ3v) is 3.70. The largest absolute Gasteiger partial charge is 0.476 e. The van der Waals surface area contributed by atoms with Crippen molar-refractivity contribution in [2.24, 2.45) is 13.0 Å². The third kappa shape index (κ3) is 3.15. The number of carboxylic acids is 1. The molecule has 0 aliphatic carbocycles. The molecule has 2 heterocycles. The number of carbonyl (C=O) groups is 1. The fourth-order valence-corrected chi connectivity index (χ4v) is 2.48. The van der Waals surface area contributed by atoms with E-state index in [1.54, 1.807) is 0 Å². The average Bonchev–Trinajstić information content (AvgIpc) is 2.82. The Bertz CT molecular complexity index is 734. The van der Waals surface area contributed by atoms with Crippen LogP contribution >= 0.6 is 0 Å². The van der Waals surface area contributed by atoms with Crippen molar-refractivity contribution in [1.29, 1.82) is 0 Å². The lowest BCUT2D eigenvalue weighted by Crippen LogP contribution is -2.29. The van der Waals surface area contributed by atoms with Crippen LogP contribution in [0.5, 0.6) is 0 Å². The molecule has 0 spiro atoms. The minimum atomic E-state index is -1.20. The summed E-state index contributed by atoms with van der Waals surface area (Å²) in [6.07, 6.45) is 4.99. The summed E-state index contributed by atoms with van der Waals surface area (Å²) in [6.45, 7) is 4.23. The van der Waals surface area contributed by atoms with E-state index >= 15 is 0 Å². The highest BCUT2D eigenvalue weighted by Gasteiger charge is 2.22. The Morgan fingerprint density at radius 3 is 2.73 bits per heavy atom. The van der Waals surface area contributed by atoms with Crippen molar-refractivity contribution in [3.63, 3.8) is 0 Å². The number of hydrogen-bond acceptors (Lipinski definition) is 5. The maximum absolute atomic E-state index is 12.2. The van der Waals surface area contributed by atoms with Gasteiger partial charge in [-0.15, -0.1) is 5.10 Å². The van der Waals surface area contributed by atoms with Gasteiger partial charge in [0, 0.05) is 13.5 Å². The predicted molar refractivity (Wildman–Crippen MR) is 80.0 cm³/mol. The first kappa shape index (κ1) is 16.1. The SMILES string of the molecule is CCCCCC(C)Cc1nc(C(=O)O)c2nnn(C)c(=O)n12. The van der Waals surface area contributed by atoms with Gasteiger partial charge < -0.3 is 5.11 Å². The van der Waals surface area contributed by atoms with Crippen LogP contribution in [-0.2, 0) is 13.5 Å². The number of nitrogens with zero attached hydrogens (tertiary/aromatic N) is 5. The van der Waals surface area contributed by atoms with Gasteiger partial charge in [0.25, 0.3) is 0 Å². The summed E-state index contributed by atoms with van der Waals surface area (Å²) in [5.74, 6) is -0.450. The molecule has 0 aliphatic heterocycles. The summed E-state index contributed by atoms with van der Waals surface area (Å²) in [7, 11) is 1.48. The zero-order valence-electron chi connectivity index (χ0n) is 13.1. The first-order valence-corrected chi connectivity index (χ1v) is 7.50. The topological polar surface area (TPSA) is 102 Å². The number of unbranched alkanes of at least 4 members (excludes halogenated alkanes) is 2. The molecule has 0 radical (unpaired) electrons. The van der Waals surface area contributed by atoms with E-state index < -0.39 is 11.7 Å². The van der Waals surface area contributed by atoms with Gasteiger partial charge in [0.2, 0.25) is 0 Å². The molecule has 1 unspecified atom stereocenters. The van der Waals surface area contributed by atoms with Crippen molar-refractivity contribution >= 4 is 11.6 Å². The van der Waals surface area contributed by atoms with Crippen LogP contribution in [0.25, 0.3) is 5.65 Å². The molecule has 8 nitrogen and oxygen atoms in total. The lowest BCUT2D eigenvalue weighted by molar-refractivity contribution is 0.0692. The molecule has 8 heteroatoms. The van der Waals surface area contributed by atoms with E-state index in [9.17, 15) is 14.7 Å². The Morgan fingerprint density at radius 1 is 1.36 bits per heavy atom. The molecule has 22 heavy (non-hydrogen) atoms. The van der Waals surface area contributed by atoms with E-state index in [1.165, 1.54) is 17.9 Å². The van der Waals surface area contributed by atoms with Crippen molar-refractivity contribution < 1.29 is 9.90 Å². The third-order valence-electron chi connectivity index (χ3n) is 3.70. The van der Waals surface area contributed by atoms with Crippen LogP contribution in [0, 0.1) is 5.92 Å². The Labute approximate surface area is 127 Å². The van der Waals surface area contributed by atoms with Crippen LogP contribution in [0.4, 0.5) is 0 Å². The molecule has 120 valence electrons. The molecule has 2 aromatic heterocycles. The summed E-state index contributed by atoms with van der Waals surface area (Å²) in [6, 6.07) is 0. The Morgan fingerprint density at radius 2 is 2.09 bits per heavy atom. The molecule has 0 aromatic carbocycles. The molecule has 1 atom stereocenters. The van der Waals surface area contributed by atoms with Crippen molar-refractivity contribution in [3.05, 3.63) is 22.0 Å². The summed E-state index contributed by atoms with van der Waals surface area (Å²) in [4.78, 5) is 27.6. The summed E-state index contributed by atoms with van der Waals surface area (Å²) >= 11 is 0. The van der Waals surface area contributed by atoms with Gasteiger partial charge in [0.15, 0.2) is 11.3 Å². The second kappa shape index (κ2) is 6.67. The van der Waals surface area contributed by atoms with Crippen LogP contribution in [0.15, 0.2) is 4.79 Å². The number of aryl methyl sites for hydroxylation is 1. The smallest absolute Gasteiger partial charge is 0.358 e. The van der Waals surface area contributed by atoms with Crippen molar-refractivity contribution in [2.75, 3.05) is 0 Å². The predicted octanol–water partition coefficient (Wildman–Crippen LogP) is 1.28. The molecule has 1 N–H and O–H groups in total. The van der Waals surface area contributed by atoms with Gasteiger partial charge in [-0.3, -0.25) is 0 Å². The fraction of sp³-hybridized carbons (Fsp3) is 0.643. The van der Waals surface area contributed by atoms with Crippen molar-refractivity contribution in [3.8, 4) is 0 Å².